The van der Waals surface area contributed by atoms with E-state index >= 15 is 0 Å². The van der Waals surface area contributed by atoms with Crippen molar-refractivity contribution in [3.63, 3.8) is 0 Å². The molecule has 1 saturated heterocycles. The van der Waals surface area contributed by atoms with Crippen LogP contribution in [0.3, 0.4) is 0 Å². The van der Waals surface area contributed by atoms with E-state index in [1.165, 1.54) is 0 Å². The predicted octanol–water partition coefficient (Wildman–Crippen LogP) is 2.80. The maximum atomic E-state index is 12.3. The van der Waals surface area contributed by atoms with Crippen molar-refractivity contribution in [2.24, 2.45) is 0 Å². The molecule has 1 aromatic carbocycles. The van der Waals surface area contributed by atoms with E-state index in [4.69, 9.17) is 20.9 Å². The fraction of sp³-hybridized carbons (Fsp3) is 0.556. The maximum absolute atomic E-state index is 12.3. The van der Waals surface area contributed by atoms with E-state index in [2.05, 4.69) is 5.32 Å². The van der Waals surface area contributed by atoms with Crippen LogP contribution in [0.1, 0.15) is 58.9 Å². The van der Waals surface area contributed by atoms with Gasteiger partial charge in [0.05, 0.1) is 17.1 Å². The summed E-state index contributed by atoms with van der Waals surface area (Å²) >= 11 is 6.62. The van der Waals surface area contributed by atoms with Gasteiger partial charge in [0.25, 0.3) is 0 Å². The molecule has 2 rings (SSSR count). The van der Waals surface area contributed by atoms with Crippen LogP contribution in [-0.4, -0.2) is 30.6 Å². The van der Waals surface area contributed by atoms with Gasteiger partial charge in [0.2, 0.25) is 12.3 Å². The minimum absolute atomic E-state index is 0.357. The van der Waals surface area contributed by atoms with Crippen LogP contribution < -0.4 is 10.8 Å². The molecule has 1 aromatic rings. The number of amides is 2. The molecule has 1 fully saturated rings. The van der Waals surface area contributed by atoms with Gasteiger partial charge in [-0.3, -0.25) is 14.9 Å². The van der Waals surface area contributed by atoms with Crippen LogP contribution in [0, 0.1) is 0 Å². The largest absolute Gasteiger partial charge is 0.496 e. The second kappa shape index (κ2) is 7.48. The molecule has 2 amide bonds. The topological polar surface area (TPSA) is 64.6 Å². The van der Waals surface area contributed by atoms with Crippen LogP contribution in [0.4, 0.5) is 0 Å². The molecular weight excluding hydrogens is 340 g/mol. The second-order valence-corrected chi connectivity index (χ2v) is 7.68. The monoisotopic (exact) mass is 365 g/mol. The van der Waals surface area contributed by atoms with Crippen LogP contribution in [0.2, 0.25) is 5.02 Å². The Labute approximate surface area is 154 Å². The van der Waals surface area contributed by atoms with E-state index in [0.29, 0.717) is 28.9 Å². The molecule has 7 heteroatoms. The first-order valence-electron chi connectivity index (χ1n) is 8.52. The molecule has 1 heterocycles. The lowest BCUT2D eigenvalue weighted by Crippen LogP contribution is -2.41. The summed E-state index contributed by atoms with van der Waals surface area (Å²) in [5.74, 6) is -0.852. The molecule has 0 saturated carbocycles. The van der Waals surface area contributed by atoms with Gasteiger partial charge < -0.3 is 9.31 Å². The number of hydrogen-bond donors (Lipinski definition) is 1. The van der Waals surface area contributed by atoms with Crippen molar-refractivity contribution in [3.8, 4) is 0 Å². The Balaban J connectivity index is 2.39. The summed E-state index contributed by atoms with van der Waals surface area (Å²) in [6.07, 6.45) is 1.77. The number of benzene rings is 1. The van der Waals surface area contributed by atoms with Gasteiger partial charge in [0, 0.05) is 10.5 Å². The quantitative estimate of drug-likeness (QED) is 0.622. The number of halogens is 1. The zero-order chi connectivity index (χ0) is 18.8. The van der Waals surface area contributed by atoms with Crippen LogP contribution >= 0.6 is 11.6 Å². The van der Waals surface area contributed by atoms with E-state index < -0.39 is 24.2 Å². The second-order valence-electron chi connectivity index (χ2n) is 7.31. The Hall–Kier alpha value is -1.37. The highest BCUT2D eigenvalue weighted by Gasteiger charge is 2.52. The van der Waals surface area contributed by atoms with E-state index in [1.807, 2.05) is 52.8 Å². The Morgan fingerprint density at radius 1 is 1.28 bits per heavy atom. The lowest BCUT2D eigenvalue weighted by atomic mass is 9.76. The van der Waals surface area contributed by atoms with E-state index in [0.717, 1.165) is 6.42 Å². The maximum Gasteiger partial charge on any atom is 0.496 e. The molecule has 136 valence electrons. The van der Waals surface area contributed by atoms with Crippen LogP contribution in [-0.2, 0) is 18.9 Å². The number of hydrogen-bond acceptors (Lipinski definition) is 4. The molecule has 0 aromatic heterocycles. The highest BCUT2D eigenvalue weighted by Crippen LogP contribution is 2.37. The van der Waals surface area contributed by atoms with Crippen molar-refractivity contribution in [2.45, 2.75) is 64.6 Å². The van der Waals surface area contributed by atoms with Crippen molar-refractivity contribution in [2.75, 3.05) is 0 Å². The number of rotatable bonds is 6. The fourth-order valence-corrected chi connectivity index (χ4v) is 3.21. The van der Waals surface area contributed by atoms with Gasteiger partial charge in [-0.25, -0.2) is 0 Å². The standard InChI is InChI=1S/C18H25BClNO4/c1-6-8-13(16(23)21-11-22)12-9-7-10-14(15(12)20)19-24-17(2,3)18(4,5)25-19/h7,9-11,13H,6,8H2,1-5H3,(H,21,22,23). The molecular formula is C18H25BClNO4. The van der Waals surface area contributed by atoms with Crippen LogP contribution in [0.15, 0.2) is 18.2 Å². The smallest absolute Gasteiger partial charge is 0.399 e. The summed E-state index contributed by atoms with van der Waals surface area (Å²) in [6, 6.07) is 5.48. The normalized spacial score (nSPS) is 19.5. The summed E-state index contributed by atoms with van der Waals surface area (Å²) in [5, 5.41) is 2.68. The molecule has 1 unspecified atom stereocenters. The van der Waals surface area contributed by atoms with Crippen molar-refractivity contribution in [1.82, 2.24) is 5.32 Å². The van der Waals surface area contributed by atoms with Gasteiger partial charge in [-0.15, -0.1) is 0 Å². The summed E-state index contributed by atoms with van der Waals surface area (Å²) in [6.45, 7) is 9.88. The summed E-state index contributed by atoms with van der Waals surface area (Å²) in [5.41, 5.74) is 0.413. The average Bonchev–Trinajstić information content (AvgIpc) is 2.73. The molecule has 1 aliphatic rings. The third-order valence-electron chi connectivity index (χ3n) is 5.04. The molecule has 0 radical (unpaired) electrons. The van der Waals surface area contributed by atoms with E-state index in [-0.39, 0.29) is 5.91 Å². The molecule has 1 aliphatic heterocycles. The lowest BCUT2D eigenvalue weighted by molar-refractivity contribution is -0.126. The Bertz CT molecular complexity index is 646. The molecule has 5 nitrogen and oxygen atoms in total. The minimum atomic E-state index is -0.603. The third kappa shape index (κ3) is 3.91. The Morgan fingerprint density at radius 2 is 1.88 bits per heavy atom. The van der Waals surface area contributed by atoms with Crippen LogP contribution in [0.25, 0.3) is 0 Å². The van der Waals surface area contributed by atoms with Gasteiger partial charge in [0.15, 0.2) is 0 Å². The molecule has 0 spiro atoms. The van der Waals surface area contributed by atoms with Gasteiger partial charge in [-0.05, 0) is 39.7 Å². The fourth-order valence-electron chi connectivity index (χ4n) is 2.86. The Kier molecular flexibility index (Phi) is 5.97. The average molecular weight is 366 g/mol. The van der Waals surface area contributed by atoms with Crippen molar-refractivity contribution < 1.29 is 18.9 Å². The SMILES string of the molecule is CCCC(C(=O)NC=O)c1cccc(B2OC(C)(C)C(C)(C)O2)c1Cl. The summed E-state index contributed by atoms with van der Waals surface area (Å²) in [7, 11) is -0.603. The number of carbonyl (C=O) groups is 2. The predicted molar refractivity (Wildman–Crippen MR) is 99.0 cm³/mol. The van der Waals surface area contributed by atoms with Crippen molar-refractivity contribution in [3.05, 3.63) is 28.8 Å². The summed E-state index contributed by atoms with van der Waals surface area (Å²) < 4.78 is 12.1. The molecule has 0 aliphatic carbocycles. The van der Waals surface area contributed by atoms with E-state index in [1.54, 1.807) is 0 Å². The highest BCUT2D eigenvalue weighted by atomic mass is 35.5. The van der Waals surface area contributed by atoms with Gasteiger partial charge in [-0.1, -0.05) is 43.1 Å². The molecule has 25 heavy (non-hydrogen) atoms. The number of nitrogens with one attached hydrogen (secondary N) is 1. The van der Waals surface area contributed by atoms with E-state index in [9.17, 15) is 9.59 Å². The first-order valence-corrected chi connectivity index (χ1v) is 8.90. The molecule has 1 atom stereocenters. The van der Waals surface area contributed by atoms with Gasteiger partial charge in [0.1, 0.15) is 0 Å². The molecule has 1 N–H and O–H groups in total. The molecule has 0 bridgehead atoms. The Morgan fingerprint density at radius 3 is 2.40 bits per heavy atom. The highest BCUT2D eigenvalue weighted by molar-refractivity contribution is 6.65. The van der Waals surface area contributed by atoms with Crippen LogP contribution in [0.5, 0.6) is 0 Å². The third-order valence-corrected chi connectivity index (χ3v) is 5.47. The lowest BCUT2D eigenvalue weighted by Gasteiger charge is -2.32. The first kappa shape index (κ1) is 20.0. The summed E-state index contributed by atoms with van der Waals surface area (Å²) in [4.78, 5) is 22.9. The number of carbonyl (C=O) groups excluding carboxylic acids is 2. The minimum Gasteiger partial charge on any atom is -0.399 e. The van der Waals surface area contributed by atoms with Crippen molar-refractivity contribution in [1.29, 1.82) is 0 Å². The van der Waals surface area contributed by atoms with Gasteiger partial charge in [-0.2, -0.15) is 0 Å². The van der Waals surface area contributed by atoms with Crippen molar-refractivity contribution >= 4 is 36.5 Å². The zero-order valence-corrected chi connectivity index (χ0v) is 16.1. The zero-order valence-electron chi connectivity index (χ0n) is 15.4. The number of imide groups is 1. The van der Waals surface area contributed by atoms with Gasteiger partial charge >= 0.3 is 7.12 Å². The first-order chi connectivity index (χ1) is 11.6.